The van der Waals surface area contributed by atoms with Gasteiger partial charge in [-0.25, -0.2) is 0 Å². The van der Waals surface area contributed by atoms with Gasteiger partial charge in [-0.3, -0.25) is 4.68 Å². The highest BCUT2D eigenvalue weighted by Crippen LogP contribution is 2.30. The Bertz CT molecular complexity index is 359. The molecular formula is C16H29N3. The van der Waals surface area contributed by atoms with Gasteiger partial charge in [-0.2, -0.15) is 5.10 Å². The Hall–Kier alpha value is -0.830. The molecule has 1 aromatic rings. The van der Waals surface area contributed by atoms with Crippen LogP contribution in [-0.2, 0) is 13.5 Å². The second-order valence-electron chi connectivity index (χ2n) is 6.05. The molecule has 2 atom stereocenters. The van der Waals surface area contributed by atoms with Gasteiger partial charge < -0.3 is 5.32 Å². The van der Waals surface area contributed by atoms with Crippen LogP contribution in [0.4, 0.5) is 0 Å². The van der Waals surface area contributed by atoms with E-state index in [1.54, 1.807) is 0 Å². The summed E-state index contributed by atoms with van der Waals surface area (Å²) in [6.07, 6.45) is 11.5. The minimum Gasteiger partial charge on any atom is -0.316 e. The van der Waals surface area contributed by atoms with Crippen molar-refractivity contribution in [2.75, 3.05) is 13.1 Å². The van der Waals surface area contributed by atoms with E-state index in [0.29, 0.717) is 0 Å². The molecule has 0 radical (unpaired) electrons. The van der Waals surface area contributed by atoms with Gasteiger partial charge in [-0.15, -0.1) is 0 Å². The molecule has 1 fully saturated rings. The first-order valence-electron chi connectivity index (χ1n) is 7.99. The van der Waals surface area contributed by atoms with Crippen LogP contribution in [0.3, 0.4) is 0 Å². The van der Waals surface area contributed by atoms with E-state index in [9.17, 15) is 0 Å². The van der Waals surface area contributed by atoms with Gasteiger partial charge in [0.15, 0.2) is 0 Å². The summed E-state index contributed by atoms with van der Waals surface area (Å²) in [4.78, 5) is 0. The van der Waals surface area contributed by atoms with Crippen molar-refractivity contribution >= 4 is 0 Å². The van der Waals surface area contributed by atoms with Crippen molar-refractivity contribution in [2.45, 2.75) is 51.9 Å². The quantitative estimate of drug-likeness (QED) is 0.631. The molecule has 0 aromatic carbocycles. The summed E-state index contributed by atoms with van der Waals surface area (Å²) < 4.78 is 1.93. The summed E-state index contributed by atoms with van der Waals surface area (Å²) in [7, 11) is 2.01. The Morgan fingerprint density at radius 2 is 2.05 bits per heavy atom. The van der Waals surface area contributed by atoms with Crippen LogP contribution in [0.25, 0.3) is 0 Å². The van der Waals surface area contributed by atoms with Crippen LogP contribution >= 0.6 is 0 Å². The van der Waals surface area contributed by atoms with E-state index in [-0.39, 0.29) is 0 Å². The molecule has 3 nitrogen and oxygen atoms in total. The zero-order chi connectivity index (χ0) is 13.5. The minimum atomic E-state index is 0.821. The molecule has 1 saturated carbocycles. The highest BCUT2D eigenvalue weighted by molar-refractivity contribution is 5.01. The largest absolute Gasteiger partial charge is 0.316 e. The fraction of sp³-hybridized carbons (Fsp3) is 0.812. The van der Waals surface area contributed by atoms with Crippen molar-refractivity contribution < 1.29 is 0 Å². The van der Waals surface area contributed by atoms with Crippen LogP contribution in [0, 0.1) is 11.8 Å². The maximum atomic E-state index is 4.56. The van der Waals surface area contributed by atoms with Gasteiger partial charge in [-0.1, -0.05) is 26.2 Å². The molecule has 0 aliphatic heterocycles. The van der Waals surface area contributed by atoms with Crippen LogP contribution in [0.1, 0.15) is 51.1 Å². The predicted octanol–water partition coefficient (Wildman–Crippen LogP) is 3.16. The molecule has 1 N–H and O–H groups in total. The number of aryl methyl sites for hydroxylation is 1. The molecule has 2 unspecified atom stereocenters. The van der Waals surface area contributed by atoms with E-state index >= 15 is 0 Å². The van der Waals surface area contributed by atoms with Crippen molar-refractivity contribution in [1.82, 2.24) is 15.1 Å². The normalized spacial score (nSPS) is 24.3. The van der Waals surface area contributed by atoms with Crippen molar-refractivity contribution in [3.05, 3.63) is 18.0 Å². The molecule has 1 heterocycles. The number of hydrogen-bond acceptors (Lipinski definition) is 2. The zero-order valence-electron chi connectivity index (χ0n) is 12.6. The Balaban J connectivity index is 1.92. The Kier molecular flexibility index (Phi) is 5.90. The zero-order valence-corrected chi connectivity index (χ0v) is 12.6. The summed E-state index contributed by atoms with van der Waals surface area (Å²) in [6.45, 7) is 4.60. The highest BCUT2D eigenvalue weighted by Gasteiger charge is 2.24. The van der Waals surface area contributed by atoms with Gasteiger partial charge in [0.05, 0.1) is 5.69 Å². The number of rotatable bonds is 6. The molecule has 108 valence electrons. The summed E-state index contributed by atoms with van der Waals surface area (Å²) in [6, 6.07) is 2.18. The van der Waals surface area contributed by atoms with E-state index < -0.39 is 0 Å². The summed E-state index contributed by atoms with van der Waals surface area (Å²) in [5.74, 6) is 1.66. The first-order chi connectivity index (χ1) is 9.29. The molecule has 2 rings (SSSR count). The number of aromatic nitrogens is 2. The number of hydrogen-bond donors (Lipinski definition) is 1. The molecule has 1 aliphatic carbocycles. The standard InChI is InChI=1S/C16H29N3/c1-3-10-17-13-15-8-6-4-5-7-14(15)12-16-9-11-19(2)18-16/h9,11,14-15,17H,3-8,10,12-13H2,1-2H3. The average molecular weight is 263 g/mol. The van der Waals surface area contributed by atoms with E-state index in [0.717, 1.165) is 18.4 Å². The monoisotopic (exact) mass is 263 g/mol. The second-order valence-corrected chi connectivity index (χ2v) is 6.05. The smallest absolute Gasteiger partial charge is 0.0627 e. The van der Waals surface area contributed by atoms with Crippen molar-refractivity contribution in [3.63, 3.8) is 0 Å². The lowest BCUT2D eigenvalue weighted by Gasteiger charge is -2.25. The minimum absolute atomic E-state index is 0.821. The maximum absolute atomic E-state index is 4.56. The predicted molar refractivity (Wildman–Crippen MR) is 80.1 cm³/mol. The van der Waals surface area contributed by atoms with Gasteiger partial charge >= 0.3 is 0 Å². The van der Waals surface area contributed by atoms with Crippen LogP contribution in [0.15, 0.2) is 12.3 Å². The Morgan fingerprint density at radius 3 is 2.74 bits per heavy atom. The lowest BCUT2D eigenvalue weighted by Crippen LogP contribution is -2.29. The van der Waals surface area contributed by atoms with E-state index in [1.165, 1.54) is 57.2 Å². The highest BCUT2D eigenvalue weighted by atomic mass is 15.2. The van der Waals surface area contributed by atoms with Gasteiger partial charge in [0, 0.05) is 13.2 Å². The number of nitrogens with zero attached hydrogens (tertiary/aromatic N) is 2. The first kappa shape index (κ1) is 14.6. The Morgan fingerprint density at radius 1 is 1.26 bits per heavy atom. The molecule has 1 aromatic heterocycles. The van der Waals surface area contributed by atoms with E-state index in [1.807, 2.05) is 11.7 Å². The molecule has 19 heavy (non-hydrogen) atoms. The molecule has 3 heteroatoms. The first-order valence-corrected chi connectivity index (χ1v) is 7.99. The summed E-state index contributed by atoms with van der Waals surface area (Å²) in [5.41, 5.74) is 1.27. The third-order valence-corrected chi connectivity index (χ3v) is 4.39. The van der Waals surface area contributed by atoms with E-state index in [2.05, 4.69) is 29.6 Å². The average Bonchev–Trinajstić information content (AvgIpc) is 2.68. The van der Waals surface area contributed by atoms with Crippen molar-refractivity contribution in [2.24, 2.45) is 18.9 Å². The lowest BCUT2D eigenvalue weighted by molar-refractivity contribution is 0.296. The van der Waals surface area contributed by atoms with Crippen LogP contribution < -0.4 is 5.32 Å². The van der Waals surface area contributed by atoms with Crippen LogP contribution in [0.5, 0.6) is 0 Å². The molecular weight excluding hydrogens is 234 g/mol. The van der Waals surface area contributed by atoms with Crippen molar-refractivity contribution in [1.29, 1.82) is 0 Å². The third-order valence-electron chi connectivity index (χ3n) is 4.39. The fourth-order valence-electron chi connectivity index (χ4n) is 3.30. The lowest BCUT2D eigenvalue weighted by atomic mass is 9.84. The Labute approximate surface area is 117 Å². The molecule has 0 spiro atoms. The molecule has 0 amide bonds. The van der Waals surface area contributed by atoms with Crippen LogP contribution in [-0.4, -0.2) is 22.9 Å². The van der Waals surface area contributed by atoms with Gasteiger partial charge in [0.1, 0.15) is 0 Å². The molecule has 1 aliphatic rings. The van der Waals surface area contributed by atoms with E-state index in [4.69, 9.17) is 0 Å². The summed E-state index contributed by atoms with van der Waals surface area (Å²) in [5, 5.41) is 8.19. The SMILES string of the molecule is CCCNCC1CCCCCC1Cc1ccn(C)n1. The van der Waals surface area contributed by atoms with Crippen LogP contribution in [0.2, 0.25) is 0 Å². The third kappa shape index (κ3) is 4.64. The van der Waals surface area contributed by atoms with Gasteiger partial charge in [0.2, 0.25) is 0 Å². The topological polar surface area (TPSA) is 29.9 Å². The molecule has 0 saturated heterocycles. The fourth-order valence-corrected chi connectivity index (χ4v) is 3.30. The van der Waals surface area contributed by atoms with Gasteiger partial charge in [0.25, 0.3) is 0 Å². The second kappa shape index (κ2) is 7.68. The maximum Gasteiger partial charge on any atom is 0.0627 e. The summed E-state index contributed by atoms with van der Waals surface area (Å²) >= 11 is 0. The number of nitrogens with one attached hydrogen (secondary N) is 1. The molecule has 0 bridgehead atoms. The van der Waals surface area contributed by atoms with Gasteiger partial charge in [-0.05, 0) is 56.7 Å². The van der Waals surface area contributed by atoms with Crippen molar-refractivity contribution in [3.8, 4) is 0 Å².